The zero-order chi connectivity index (χ0) is 15.9. The zero-order valence-electron chi connectivity index (χ0n) is 13.7. The second-order valence-corrected chi connectivity index (χ2v) is 6.17. The number of para-hydroxylation sites is 1. The molecular formula is C17H26N4O. The molecular weight excluding hydrogens is 276 g/mol. The van der Waals surface area contributed by atoms with Gasteiger partial charge in [0.05, 0.1) is 6.54 Å². The summed E-state index contributed by atoms with van der Waals surface area (Å²) in [6, 6.07) is 9.48. The van der Waals surface area contributed by atoms with Gasteiger partial charge in [0.1, 0.15) is 0 Å². The predicted molar refractivity (Wildman–Crippen MR) is 91.0 cm³/mol. The van der Waals surface area contributed by atoms with Crippen molar-refractivity contribution in [1.29, 1.82) is 0 Å². The zero-order valence-corrected chi connectivity index (χ0v) is 13.7. The van der Waals surface area contributed by atoms with Crippen LogP contribution in [0.5, 0.6) is 0 Å². The Labute approximate surface area is 132 Å². The monoisotopic (exact) mass is 302 g/mol. The molecule has 1 aliphatic rings. The van der Waals surface area contributed by atoms with E-state index >= 15 is 0 Å². The summed E-state index contributed by atoms with van der Waals surface area (Å²) >= 11 is 0. The highest BCUT2D eigenvalue weighted by Gasteiger charge is 2.24. The lowest BCUT2D eigenvalue weighted by atomic mass is 9.92. The molecule has 5 nitrogen and oxygen atoms in total. The van der Waals surface area contributed by atoms with Crippen molar-refractivity contribution in [3.05, 3.63) is 30.3 Å². The SMILES string of the molecule is CN=C(NCC(=O)Nc1ccccc1)N1CC(C)CC(C)C1. The van der Waals surface area contributed by atoms with Crippen molar-refractivity contribution in [3.63, 3.8) is 0 Å². The van der Waals surface area contributed by atoms with Crippen LogP contribution in [0, 0.1) is 11.8 Å². The number of carbonyl (C=O) groups excluding carboxylic acids is 1. The van der Waals surface area contributed by atoms with Crippen molar-refractivity contribution in [2.75, 3.05) is 32.0 Å². The molecule has 2 N–H and O–H groups in total. The number of benzene rings is 1. The Morgan fingerprint density at radius 2 is 1.86 bits per heavy atom. The maximum absolute atomic E-state index is 12.0. The number of hydrogen-bond acceptors (Lipinski definition) is 2. The summed E-state index contributed by atoms with van der Waals surface area (Å²) in [7, 11) is 1.77. The van der Waals surface area contributed by atoms with Crippen molar-refractivity contribution < 1.29 is 4.79 Å². The highest BCUT2D eigenvalue weighted by molar-refractivity contribution is 5.94. The van der Waals surface area contributed by atoms with Crippen molar-refractivity contribution in [2.24, 2.45) is 16.8 Å². The number of carbonyl (C=O) groups is 1. The van der Waals surface area contributed by atoms with Gasteiger partial charge in [0.2, 0.25) is 5.91 Å². The van der Waals surface area contributed by atoms with Crippen molar-refractivity contribution in [2.45, 2.75) is 20.3 Å². The molecule has 0 aliphatic carbocycles. The topological polar surface area (TPSA) is 56.7 Å². The van der Waals surface area contributed by atoms with Crippen LogP contribution in [-0.2, 0) is 4.79 Å². The number of piperidine rings is 1. The third-order valence-corrected chi connectivity index (χ3v) is 3.84. The predicted octanol–water partition coefficient (Wildman–Crippen LogP) is 2.18. The van der Waals surface area contributed by atoms with Gasteiger partial charge in [0.15, 0.2) is 5.96 Å². The summed E-state index contributed by atoms with van der Waals surface area (Å²) < 4.78 is 0. The molecule has 2 atom stereocenters. The Kier molecular flexibility index (Phi) is 5.81. The van der Waals surface area contributed by atoms with E-state index in [-0.39, 0.29) is 12.5 Å². The molecule has 5 heteroatoms. The minimum Gasteiger partial charge on any atom is -0.347 e. The molecule has 1 amide bonds. The van der Waals surface area contributed by atoms with Crippen LogP contribution >= 0.6 is 0 Å². The summed E-state index contributed by atoms with van der Waals surface area (Å²) in [6.07, 6.45) is 1.25. The molecule has 2 unspecified atom stereocenters. The normalized spacial score (nSPS) is 22.3. The van der Waals surface area contributed by atoms with Crippen LogP contribution in [0.25, 0.3) is 0 Å². The van der Waals surface area contributed by atoms with Crippen LogP contribution in [0.4, 0.5) is 5.69 Å². The maximum Gasteiger partial charge on any atom is 0.243 e. The van der Waals surface area contributed by atoms with E-state index in [0.29, 0.717) is 11.8 Å². The molecule has 0 saturated carbocycles. The fraction of sp³-hybridized carbons (Fsp3) is 0.529. The summed E-state index contributed by atoms with van der Waals surface area (Å²) in [5.74, 6) is 2.05. The molecule has 1 aromatic carbocycles. The average Bonchev–Trinajstić information content (AvgIpc) is 2.48. The third-order valence-electron chi connectivity index (χ3n) is 3.84. The van der Waals surface area contributed by atoms with Crippen LogP contribution in [0.3, 0.4) is 0 Å². The number of nitrogens with zero attached hydrogens (tertiary/aromatic N) is 2. The van der Waals surface area contributed by atoms with Crippen molar-refractivity contribution in [1.82, 2.24) is 10.2 Å². The minimum absolute atomic E-state index is 0.0644. The lowest BCUT2D eigenvalue weighted by Crippen LogP contribution is -2.49. The first kappa shape index (κ1) is 16.3. The smallest absolute Gasteiger partial charge is 0.243 e. The van der Waals surface area contributed by atoms with Gasteiger partial charge in [-0.1, -0.05) is 32.0 Å². The summed E-state index contributed by atoms with van der Waals surface area (Å²) in [4.78, 5) is 18.6. The van der Waals surface area contributed by atoms with E-state index in [2.05, 4.69) is 34.4 Å². The Hall–Kier alpha value is -2.04. The van der Waals surface area contributed by atoms with Crippen LogP contribution in [0.15, 0.2) is 35.3 Å². The lowest BCUT2D eigenvalue weighted by Gasteiger charge is -2.37. The van der Waals surface area contributed by atoms with E-state index in [1.54, 1.807) is 7.05 Å². The van der Waals surface area contributed by atoms with Gasteiger partial charge in [-0.2, -0.15) is 0 Å². The van der Waals surface area contributed by atoms with E-state index < -0.39 is 0 Å². The number of aliphatic imine (C=N–C) groups is 1. The van der Waals surface area contributed by atoms with E-state index in [4.69, 9.17) is 0 Å². The van der Waals surface area contributed by atoms with Gasteiger partial charge in [0.25, 0.3) is 0 Å². The molecule has 1 heterocycles. The van der Waals surface area contributed by atoms with Gasteiger partial charge in [-0.3, -0.25) is 9.79 Å². The van der Waals surface area contributed by atoms with E-state index in [1.165, 1.54) is 6.42 Å². The highest BCUT2D eigenvalue weighted by Crippen LogP contribution is 2.20. The molecule has 120 valence electrons. The molecule has 0 radical (unpaired) electrons. The molecule has 22 heavy (non-hydrogen) atoms. The molecule has 0 bridgehead atoms. The number of amides is 1. The number of rotatable bonds is 3. The molecule has 1 aliphatic heterocycles. The third kappa shape index (κ3) is 4.76. The van der Waals surface area contributed by atoms with Crippen LogP contribution in [0.1, 0.15) is 20.3 Å². The van der Waals surface area contributed by atoms with Crippen LogP contribution < -0.4 is 10.6 Å². The van der Waals surface area contributed by atoms with Gasteiger partial charge in [0, 0.05) is 25.8 Å². The fourth-order valence-electron chi connectivity index (χ4n) is 3.05. The Morgan fingerprint density at radius 1 is 1.23 bits per heavy atom. The van der Waals surface area contributed by atoms with Gasteiger partial charge in [-0.15, -0.1) is 0 Å². The largest absolute Gasteiger partial charge is 0.347 e. The van der Waals surface area contributed by atoms with E-state index in [1.807, 2.05) is 30.3 Å². The second kappa shape index (κ2) is 7.82. The molecule has 0 aromatic heterocycles. The highest BCUT2D eigenvalue weighted by atomic mass is 16.1. The second-order valence-electron chi connectivity index (χ2n) is 6.17. The van der Waals surface area contributed by atoms with Gasteiger partial charge >= 0.3 is 0 Å². The van der Waals surface area contributed by atoms with Gasteiger partial charge in [-0.05, 0) is 30.4 Å². The minimum atomic E-state index is -0.0644. The van der Waals surface area contributed by atoms with Gasteiger partial charge in [-0.25, -0.2) is 0 Å². The average molecular weight is 302 g/mol. The van der Waals surface area contributed by atoms with E-state index in [9.17, 15) is 4.79 Å². The van der Waals surface area contributed by atoms with Crippen molar-refractivity contribution >= 4 is 17.6 Å². The molecule has 1 fully saturated rings. The quantitative estimate of drug-likeness (QED) is 0.664. The Bertz CT molecular complexity index is 505. The number of likely N-dealkylation sites (tertiary alicyclic amines) is 1. The number of guanidine groups is 1. The van der Waals surface area contributed by atoms with Gasteiger partial charge < -0.3 is 15.5 Å². The summed E-state index contributed by atoms with van der Waals surface area (Å²) in [6.45, 7) is 6.73. The lowest BCUT2D eigenvalue weighted by molar-refractivity contribution is -0.115. The molecule has 2 rings (SSSR count). The van der Waals surface area contributed by atoms with Crippen LogP contribution in [-0.4, -0.2) is 43.4 Å². The Balaban J connectivity index is 1.84. The molecule has 0 spiro atoms. The molecule has 1 aromatic rings. The molecule has 1 saturated heterocycles. The first-order valence-corrected chi connectivity index (χ1v) is 7.89. The van der Waals surface area contributed by atoms with Crippen molar-refractivity contribution in [3.8, 4) is 0 Å². The summed E-state index contributed by atoms with van der Waals surface area (Å²) in [5, 5.41) is 6.03. The van der Waals surface area contributed by atoms with Crippen LogP contribution in [0.2, 0.25) is 0 Å². The first-order valence-electron chi connectivity index (χ1n) is 7.89. The Morgan fingerprint density at radius 3 is 2.45 bits per heavy atom. The standard InChI is InChI=1S/C17H26N4O/c1-13-9-14(2)12-21(11-13)17(18-3)19-10-16(22)20-15-7-5-4-6-8-15/h4-8,13-14H,9-12H2,1-3H3,(H,18,19)(H,20,22). The number of nitrogens with one attached hydrogen (secondary N) is 2. The van der Waals surface area contributed by atoms with E-state index in [0.717, 1.165) is 24.7 Å². The summed E-state index contributed by atoms with van der Waals surface area (Å²) in [5.41, 5.74) is 0.810. The number of anilines is 1. The first-order chi connectivity index (χ1) is 10.6. The maximum atomic E-state index is 12.0. The fourth-order valence-corrected chi connectivity index (χ4v) is 3.05. The number of hydrogen-bond donors (Lipinski definition) is 2.